The Labute approximate surface area is 151 Å². The summed E-state index contributed by atoms with van der Waals surface area (Å²) < 4.78 is 27.2. The maximum Gasteiger partial charge on any atom is 0.270 e. The van der Waals surface area contributed by atoms with Gasteiger partial charge in [-0.15, -0.1) is 6.58 Å². The second-order valence-electron chi connectivity index (χ2n) is 5.42. The first-order valence-corrected chi connectivity index (χ1v) is 9.22. The first kappa shape index (κ1) is 17.3. The lowest BCUT2D eigenvalue weighted by atomic mass is 9.95. The number of fused-ring (bicyclic) bond motifs is 1. The normalized spacial score (nSPS) is 15.6. The molecule has 0 atom stereocenters. The number of rotatable bonds is 4. The molecule has 0 saturated heterocycles. The maximum atomic E-state index is 13.1. The van der Waals surface area contributed by atoms with Crippen molar-refractivity contribution < 1.29 is 13.2 Å². The molecule has 0 fully saturated rings. The van der Waals surface area contributed by atoms with Crippen molar-refractivity contribution in [3.8, 4) is 0 Å². The van der Waals surface area contributed by atoms with E-state index >= 15 is 0 Å². The van der Waals surface area contributed by atoms with E-state index in [2.05, 4.69) is 6.58 Å². The zero-order valence-corrected chi connectivity index (χ0v) is 14.7. The van der Waals surface area contributed by atoms with Crippen LogP contribution in [-0.2, 0) is 14.8 Å². The number of hydrogen-bond donors (Lipinski definition) is 1. The largest absolute Gasteiger partial charge is 0.365 e. The van der Waals surface area contributed by atoms with Gasteiger partial charge in [-0.3, -0.25) is 9.10 Å². The molecule has 0 unspecified atom stereocenters. The summed E-state index contributed by atoms with van der Waals surface area (Å²) in [5, 5.41) is 0.425. The standard InChI is InChI=1S/C18H15ClN2O3S/c1-2-10-21-15-9-8-13(19)11-14(15)16(12-6-4-3-5-7-12)17(18(20)22)25(21,23)24/h2-9,11H,1,10H2,(H2,20,22). The Morgan fingerprint density at radius 1 is 1.20 bits per heavy atom. The number of benzene rings is 2. The van der Waals surface area contributed by atoms with Crippen LogP contribution in [0.25, 0.3) is 5.57 Å². The van der Waals surface area contributed by atoms with Crippen LogP contribution < -0.4 is 10.0 Å². The number of amides is 1. The highest BCUT2D eigenvalue weighted by molar-refractivity contribution is 7.97. The molecule has 0 saturated carbocycles. The Balaban J connectivity index is 2.47. The predicted molar refractivity (Wildman–Crippen MR) is 99.6 cm³/mol. The SMILES string of the molecule is C=CCN1c2ccc(Cl)cc2C(c2ccccc2)=C(C(N)=O)S1(=O)=O. The summed E-state index contributed by atoms with van der Waals surface area (Å²) >= 11 is 6.13. The maximum absolute atomic E-state index is 13.1. The monoisotopic (exact) mass is 374 g/mol. The van der Waals surface area contributed by atoms with Gasteiger partial charge in [-0.25, -0.2) is 8.42 Å². The van der Waals surface area contributed by atoms with Crippen molar-refractivity contribution in [3.05, 3.63) is 82.2 Å². The summed E-state index contributed by atoms with van der Waals surface area (Å²) in [5.74, 6) is -1.02. The smallest absolute Gasteiger partial charge is 0.270 e. The molecule has 1 amide bonds. The van der Waals surface area contributed by atoms with Crippen LogP contribution >= 0.6 is 11.6 Å². The van der Waals surface area contributed by atoms with Crippen molar-refractivity contribution in [3.63, 3.8) is 0 Å². The van der Waals surface area contributed by atoms with E-state index in [9.17, 15) is 13.2 Å². The summed E-state index contributed by atoms with van der Waals surface area (Å²) in [6, 6.07) is 13.6. The zero-order chi connectivity index (χ0) is 18.2. The molecule has 0 bridgehead atoms. The fourth-order valence-electron chi connectivity index (χ4n) is 2.87. The molecule has 3 rings (SSSR count). The highest BCUT2D eigenvalue weighted by Gasteiger charge is 2.40. The fraction of sp³-hybridized carbons (Fsp3) is 0.0556. The third-order valence-corrected chi connectivity index (χ3v) is 5.94. The third-order valence-electron chi connectivity index (χ3n) is 3.85. The number of halogens is 1. The van der Waals surface area contributed by atoms with Crippen molar-refractivity contribution in [1.29, 1.82) is 0 Å². The number of anilines is 1. The molecule has 0 aliphatic carbocycles. The average Bonchev–Trinajstić information content (AvgIpc) is 2.57. The van der Waals surface area contributed by atoms with E-state index < -0.39 is 20.8 Å². The lowest BCUT2D eigenvalue weighted by Crippen LogP contribution is -2.40. The molecule has 1 aliphatic rings. The molecule has 128 valence electrons. The minimum atomic E-state index is -4.13. The molecule has 2 aromatic carbocycles. The lowest BCUT2D eigenvalue weighted by Gasteiger charge is -2.32. The number of nitrogens with two attached hydrogens (primary N) is 1. The molecule has 2 N–H and O–H groups in total. The number of nitrogens with zero attached hydrogens (tertiary/aromatic N) is 1. The van der Waals surface area contributed by atoms with Gasteiger partial charge in [0.15, 0.2) is 4.91 Å². The van der Waals surface area contributed by atoms with E-state index in [1.807, 2.05) is 0 Å². The van der Waals surface area contributed by atoms with E-state index in [4.69, 9.17) is 17.3 Å². The van der Waals surface area contributed by atoms with Gasteiger partial charge in [0.05, 0.1) is 12.2 Å². The third kappa shape index (κ3) is 2.83. The van der Waals surface area contributed by atoms with E-state index in [1.54, 1.807) is 48.5 Å². The van der Waals surface area contributed by atoms with Gasteiger partial charge in [-0.05, 0) is 23.8 Å². The van der Waals surface area contributed by atoms with E-state index in [1.165, 1.54) is 6.08 Å². The van der Waals surface area contributed by atoms with Crippen LogP contribution in [0.1, 0.15) is 11.1 Å². The van der Waals surface area contributed by atoms with Crippen LogP contribution in [-0.4, -0.2) is 20.9 Å². The first-order valence-electron chi connectivity index (χ1n) is 7.41. The molecular formula is C18H15ClN2O3S. The fourth-order valence-corrected chi connectivity index (χ4v) is 4.72. The molecule has 5 nitrogen and oxygen atoms in total. The summed E-state index contributed by atoms with van der Waals surface area (Å²) in [6.07, 6.45) is 1.45. The Morgan fingerprint density at radius 2 is 1.88 bits per heavy atom. The summed E-state index contributed by atoms with van der Waals surface area (Å²) in [4.78, 5) is 11.6. The number of sulfonamides is 1. The van der Waals surface area contributed by atoms with Crippen molar-refractivity contribution in [2.24, 2.45) is 5.73 Å². The topological polar surface area (TPSA) is 80.5 Å². The molecule has 2 aromatic rings. The van der Waals surface area contributed by atoms with Gasteiger partial charge in [-0.2, -0.15) is 0 Å². The zero-order valence-electron chi connectivity index (χ0n) is 13.1. The Kier molecular flexibility index (Phi) is 4.41. The molecule has 1 aliphatic heterocycles. The van der Waals surface area contributed by atoms with E-state index in [-0.39, 0.29) is 12.1 Å². The molecule has 1 heterocycles. The van der Waals surface area contributed by atoms with E-state index in [0.717, 1.165) is 4.31 Å². The Bertz CT molecular complexity index is 998. The van der Waals surface area contributed by atoms with Crippen LogP contribution in [0, 0.1) is 0 Å². The van der Waals surface area contributed by atoms with Crippen molar-refractivity contribution in [2.75, 3.05) is 10.8 Å². The number of carbonyl (C=O) groups is 1. The summed E-state index contributed by atoms with van der Waals surface area (Å²) in [5.41, 5.74) is 7.24. The van der Waals surface area contributed by atoms with Gasteiger partial charge in [0.25, 0.3) is 15.9 Å². The van der Waals surface area contributed by atoms with Crippen LogP contribution in [0.2, 0.25) is 5.02 Å². The van der Waals surface area contributed by atoms with Crippen molar-refractivity contribution in [1.82, 2.24) is 0 Å². The summed E-state index contributed by atoms with van der Waals surface area (Å²) in [7, 11) is -4.13. The lowest BCUT2D eigenvalue weighted by molar-refractivity contribution is -0.113. The molecular weight excluding hydrogens is 360 g/mol. The first-order chi connectivity index (χ1) is 11.9. The Morgan fingerprint density at radius 3 is 2.48 bits per heavy atom. The molecule has 25 heavy (non-hydrogen) atoms. The van der Waals surface area contributed by atoms with Crippen LogP contribution in [0.4, 0.5) is 5.69 Å². The van der Waals surface area contributed by atoms with Gasteiger partial charge < -0.3 is 5.73 Å². The Hall–Kier alpha value is -2.57. The minimum Gasteiger partial charge on any atom is -0.365 e. The van der Waals surface area contributed by atoms with Gasteiger partial charge in [-0.1, -0.05) is 48.0 Å². The van der Waals surface area contributed by atoms with Gasteiger partial charge in [0.2, 0.25) is 0 Å². The van der Waals surface area contributed by atoms with Gasteiger partial charge in [0.1, 0.15) is 0 Å². The number of carbonyl (C=O) groups excluding carboxylic acids is 1. The highest BCUT2D eigenvalue weighted by atomic mass is 35.5. The molecule has 0 spiro atoms. The van der Waals surface area contributed by atoms with E-state index in [0.29, 0.717) is 21.8 Å². The number of primary amides is 1. The minimum absolute atomic E-state index is 0.00974. The van der Waals surface area contributed by atoms with Gasteiger partial charge in [0, 0.05) is 16.2 Å². The van der Waals surface area contributed by atoms with Crippen LogP contribution in [0.5, 0.6) is 0 Å². The van der Waals surface area contributed by atoms with Crippen molar-refractivity contribution >= 4 is 38.8 Å². The summed E-state index contributed by atoms with van der Waals surface area (Å²) in [6.45, 7) is 3.60. The second-order valence-corrected chi connectivity index (χ2v) is 7.66. The predicted octanol–water partition coefficient (Wildman–Crippen LogP) is 2.92. The highest BCUT2D eigenvalue weighted by Crippen LogP contribution is 2.43. The second kappa shape index (κ2) is 6.38. The van der Waals surface area contributed by atoms with Crippen molar-refractivity contribution in [2.45, 2.75) is 0 Å². The van der Waals surface area contributed by atoms with Crippen LogP contribution in [0.3, 0.4) is 0 Å². The number of hydrogen-bond acceptors (Lipinski definition) is 3. The molecule has 0 aromatic heterocycles. The molecule has 7 heteroatoms. The van der Waals surface area contributed by atoms with Crippen LogP contribution in [0.15, 0.2) is 66.1 Å². The van der Waals surface area contributed by atoms with Gasteiger partial charge >= 0.3 is 0 Å². The average molecular weight is 375 g/mol. The molecule has 0 radical (unpaired) electrons. The quantitative estimate of drug-likeness (QED) is 0.835.